The summed E-state index contributed by atoms with van der Waals surface area (Å²) in [5, 5.41) is 13.8. The number of hydrogen-bond acceptors (Lipinski definition) is 6. The largest absolute Gasteiger partial charge is 0.433 e. The van der Waals surface area contributed by atoms with Crippen molar-refractivity contribution in [2.45, 2.75) is 43.8 Å². The van der Waals surface area contributed by atoms with E-state index in [1.165, 1.54) is 10.7 Å². The Morgan fingerprint density at radius 3 is 2.56 bits per heavy atom. The van der Waals surface area contributed by atoms with E-state index in [4.69, 9.17) is 0 Å². The molecule has 4 aromatic rings. The Morgan fingerprint density at radius 2 is 1.97 bits per heavy atom. The summed E-state index contributed by atoms with van der Waals surface area (Å²) in [6.45, 7) is 1.69. The highest BCUT2D eigenvalue weighted by molar-refractivity contribution is 5.80. The molecule has 0 bridgehead atoms. The maximum Gasteiger partial charge on any atom is 0.433 e. The first-order chi connectivity index (χ1) is 16.3. The average molecular weight is 465 g/mol. The van der Waals surface area contributed by atoms with Gasteiger partial charge in [-0.3, -0.25) is 14.8 Å². The number of hydrogen-bond donors (Lipinski definition) is 1. The summed E-state index contributed by atoms with van der Waals surface area (Å²) in [5.41, 5.74) is -0.0372. The van der Waals surface area contributed by atoms with Crippen molar-refractivity contribution in [3.63, 3.8) is 0 Å². The van der Waals surface area contributed by atoms with Crippen LogP contribution in [-0.2, 0) is 6.18 Å². The Labute approximate surface area is 191 Å². The van der Waals surface area contributed by atoms with E-state index in [0.29, 0.717) is 11.4 Å². The molecule has 3 atom stereocenters. The van der Waals surface area contributed by atoms with E-state index in [-0.39, 0.29) is 28.6 Å². The molecule has 4 aromatic heterocycles. The Bertz CT molecular complexity index is 1450. The molecule has 172 valence electrons. The predicted octanol–water partition coefficient (Wildman–Crippen LogP) is 4.07. The number of H-pyrrole nitrogens is 1. The van der Waals surface area contributed by atoms with Crippen LogP contribution in [0.3, 0.4) is 0 Å². The van der Waals surface area contributed by atoms with Gasteiger partial charge in [0.05, 0.1) is 6.04 Å². The minimum atomic E-state index is -4.55. The van der Waals surface area contributed by atoms with Crippen molar-refractivity contribution < 1.29 is 13.2 Å². The Hall–Kier alpha value is -4.07. The Morgan fingerprint density at radius 1 is 1.18 bits per heavy atom. The molecule has 0 aromatic carbocycles. The van der Waals surface area contributed by atoms with Gasteiger partial charge in [0, 0.05) is 29.9 Å². The van der Waals surface area contributed by atoms with Crippen LogP contribution >= 0.6 is 0 Å². The van der Waals surface area contributed by atoms with Crippen molar-refractivity contribution in [2.75, 3.05) is 0 Å². The molecule has 1 fully saturated rings. The fraction of sp³-hybridized carbons (Fsp3) is 0.304. The molecule has 4 heterocycles. The molecule has 0 amide bonds. The number of nitrogens with zero attached hydrogens (tertiary/aromatic N) is 6. The third-order valence-corrected chi connectivity index (χ3v) is 6.31. The lowest BCUT2D eigenvalue weighted by molar-refractivity contribution is -0.141. The standard InChI is InChI=1S/C23H18F3N7O/c1-12(13-5-8-18(29-11-13)23(24,25)26)33-21-19(17(10-27)32-33)22(34)31-20(30-21)15-7-6-14(15)16-4-2-3-9-28-16/h2-5,8-9,11-12,14-15H,6-7H2,1H3,(H,30,31,34)/t12-,14?,15?/m0/s1. The molecule has 1 saturated carbocycles. The quantitative estimate of drug-likeness (QED) is 0.486. The van der Waals surface area contributed by atoms with Gasteiger partial charge < -0.3 is 4.98 Å². The van der Waals surface area contributed by atoms with Gasteiger partial charge >= 0.3 is 6.18 Å². The third-order valence-electron chi connectivity index (χ3n) is 6.31. The Balaban J connectivity index is 1.57. The number of aromatic amines is 1. The number of nitrogens with one attached hydrogen (secondary N) is 1. The molecule has 1 aliphatic rings. The highest BCUT2D eigenvalue weighted by Gasteiger charge is 2.37. The van der Waals surface area contributed by atoms with Gasteiger partial charge in [-0.2, -0.15) is 23.5 Å². The summed E-state index contributed by atoms with van der Waals surface area (Å²) < 4.78 is 40.1. The highest BCUT2D eigenvalue weighted by atomic mass is 19.4. The number of pyridine rings is 2. The maximum absolute atomic E-state index is 12.9. The first-order valence-corrected chi connectivity index (χ1v) is 10.6. The molecular weight excluding hydrogens is 447 g/mol. The van der Waals surface area contributed by atoms with Crippen LogP contribution in [0.2, 0.25) is 0 Å². The number of halogens is 3. The van der Waals surface area contributed by atoms with Crippen LogP contribution in [0, 0.1) is 11.3 Å². The number of rotatable bonds is 4. The Kier molecular flexibility index (Phi) is 5.16. The van der Waals surface area contributed by atoms with Gasteiger partial charge in [0.25, 0.3) is 5.56 Å². The van der Waals surface area contributed by atoms with Crippen LogP contribution in [0.5, 0.6) is 0 Å². The van der Waals surface area contributed by atoms with Crippen molar-refractivity contribution >= 4 is 11.0 Å². The molecular formula is C23H18F3N7O. The fourth-order valence-corrected chi connectivity index (χ4v) is 4.32. The molecule has 1 aliphatic carbocycles. The number of alkyl halides is 3. The van der Waals surface area contributed by atoms with Gasteiger partial charge in [0.15, 0.2) is 11.3 Å². The molecule has 34 heavy (non-hydrogen) atoms. The lowest BCUT2D eigenvalue weighted by atomic mass is 9.71. The second kappa shape index (κ2) is 8.06. The highest BCUT2D eigenvalue weighted by Crippen LogP contribution is 2.47. The average Bonchev–Trinajstić information content (AvgIpc) is 3.17. The molecule has 11 heteroatoms. The fourth-order valence-electron chi connectivity index (χ4n) is 4.32. The van der Waals surface area contributed by atoms with E-state index >= 15 is 0 Å². The zero-order chi connectivity index (χ0) is 24.0. The summed E-state index contributed by atoms with van der Waals surface area (Å²) in [6, 6.07) is 9.17. The van der Waals surface area contributed by atoms with Crippen molar-refractivity contribution in [3.05, 3.63) is 81.5 Å². The van der Waals surface area contributed by atoms with E-state index in [1.54, 1.807) is 13.1 Å². The van der Waals surface area contributed by atoms with Crippen LogP contribution in [0.1, 0.15) is 66.1 Å². The second-order valence-corrected chi connectivity index (χ2v) is 8.25. The van der Waals surface area contributed by atoms with Gasteiger partial charge in [-0.1, -0.05) is 12.1 Å². The summed E-state index contributed by atoms with van der Waals surface area (Å²) in [6.07, 6.45) is 0.000178. The molecule has 2 unspecified atom stereocenters. The van der Waals surface area contributed by atoms with E-state index in [1.807, 2.05) is 24.3 Å². The first kappa shape index (κ1) is 21.8. The molecule has 0 radical (unpaired) electrons. The minimum Gasteiger partial charge on any atom is -0.310 e. The topological polar surface area (TPSA) is 113 Å². The molecule has 1 N–H and O–H groups in total. The smallest absolute Gasteiger partial charge is 0.310 e. The molecule has 0 spiro atoms. The zero-order valence-corrected chi connectivity index (χ0v) is 17.9. The lowest BCUT2D eigenvalue weighted by Crippen LogP contribution is -2.27. The first-order valence-electron chi connectivity index (χ1n) is 10.6. The third kappa shape index (κ3) is 3.61. The summed E-state index contributed by atoms with van der Waals surface area (Å²) >= 11 is 0. The van der Waals surface area contributed by atoms with E-state index in [0.717, 1.165) is 30.8 Å². The van der Waals surface area contributed by atoms with Gasteiger partial charge in [0.2, 0.25) is 0 Å². The van der Waals surface area contributed by atoms with Crippen molar-refractivity contribution in [3.8, 4) is 6.07 Å². The van der Waals surface area contributed by atoms with Crippen molar-refractivity contribution in [1.82, 2.24) is 29.7 Å². The molecule has 0 aliphatic heterocycles. The van der Waals surface area contributed by atoms with Crippen molar-refractivity contribution in [2.24, 2.45) is 0 Å². The van der Waals surface area contributed by atoms with Crippen molar-refractivity contribution in [1.29, 1.82) is 5.26 Å². The molecule has 0 saturated heterocycles. The van der Waals surface area contributed by atoms with E-state index < -0.39 is 23.5 Å². The molecule has 5 rings (SSSR count). The van der Waals surface area contributed by atoms with E-state index in [2.05, 4.69) is 25.0 Å². The van der Waals surface area contributed by atoms with Crippen LogP contribution in [0.25, 0.3) is 11.0 Å². The lowest BCUT2D eigenvalue weighted by Gasteiger charge is -2.35. The van der Waals surface area contributed by atoms with Crippen LogP contribution in [0.15, 0.2) is 47.5 Å². The SMILES string of the molecule is C[C@@H](c1ccc(C(F)(F)F)nc1)n1nc(C#N)c2c(=O)[nH]c(C3CCC3c3ccccn3)nc21. The zero-order valence-electron chi connectivity index (χ0n) is 17.9. The van der Waals surface area contributed by atoms with Gasteiger partial charge in [-0.05, 0) is 43.5 Å². The van der Waals surface area contributed by atoms with Gasteiger partial charge in [-0.15, -0.1) is 0 Å². The maximum atomic E-state index is 12.9. The summed E-state index contributed by atoms with van der Waals surface area (Å²) in [4.78, 5) is 28.3. The normalized spacial score (nSPS) is 18.9. The van der Waals surface area contributed by atoms with E-state index in [9.17, 15) is 23.2 Å². The predicted molar refractivity (Wildman–Crippen MR) is 115 cm³/mol. The minimum absolute atomic E-state index is 0.0479. The summed E-state index contributed by atoms with van der Waals surface area (Å²) in [7, 11) is 0. The second-order valence-electron chi connectivity index (χ2n) is 8.25. The van der Waals surface area contributed by atoms with Crippen LogP contribution in [-0.4, -0.2) is 29.7 Å². The van der Waals surface area contributed by atoms with Crippen LogP contribution in [0.4, 0.5) is 13.2 Å². The number of aromatic nitrogens is 6. The van der Waals surface area contributed by atoms with Gasteiger partial charge in [0.1, 0.15) is 23.0 Å². The monoisotopic (exact) mass is 465 g/mol. The number of fused-ring (bicyclic) bond motifs is 1. The molecule has 8 nitrogen and oxygen atoms in total. The summed E-state index contributed by atoms with van der Waals surface area (Å²) in [5.74, 6) is 0.525. The van der Waals surface area contributed by atoms with Gasteiger partial charge in [-0.25, -0.2) is 9.67 Å². The number of nitriles is 1. The van der Waals surface area contributed by atoms with Crippen LogP contribution < -0.4 is 5.56 Å².